The van der Waals surface area contributed by atoms with Crippen LogP contribution in [0.25, 0.3) is 0 Å². The fraction of sp³-hybridized carbons (Fsp3) is 0. The third kappa shape index (κ3) is 3.12. The van der Waals surface area contributed by atoms with Crippen LogP contribution in [0.5, 0.6) is 0 Å². The molecule has 2 N–H and O–H groups in total. The number of rotatable bonds is 3. The van der Waals surface area contributed by atoms with Crippen molar-refractivity contribution >= 4 is 23.8 Å². The zero-order valence-corrected chi connectivity index (χ0v) is 9.35. The predicted octanol–water partition coefficient (Wildman–Crippen LogP) is 1.26. The summed E-state index contributed by atoms with van der Waals surface area (Å²) in [6.07, 6.45) is 2.60. The zero-order valence-electron chi connectivity index (χ0n) is 8.59. The van der Waals surface area contributed by atoms with Crippen molar-refractivity contribution in [1.82, 2.24) is 15.2 Å². The highest BCUT2D eigenvalue weighted by Gasteiger charge is 1.95. The lowest BCUT2D eigenvalue weighted by atomic mass is 10.2. The lowest BCUT2D eigenvalue weighted by Gasteiger charge is -1.97. The molecule has 0 saturated heterocycles. The number of aromatic nitrogens is 3. The van der Waals surface area contributed by atoms with Crippen molar-refractivity contribution < 1.29 is 0 Å². The van der Waals surface area contributed by atoms with E-state index in [9.17, 15) is 4.79 Å². The van der Waals surface area contributed by atoms with Gasteiger partial charge in [0.15, 0.2) is 0 Å². The highest BCUT2D eigenvalue weighted by atomic mass is 35.5. The van der Waals surface area contributed by atoms with Crippen LogP contribution in [-0.2, 0) is 0 Å². The van der Waals surface area contributed by atoms with Crippen LogP contribution in [0.1, 0.15) is 5.56 Å². The molecule has 6 nitrogen and oxygen atoms in total. The smallest absolute Gasteiger partial charge is 0.271 e. The van der Waals surface area contributed by atoms with E-state index in [2.05, 4.69) is 25.7 Å². The van der Waals surface area contributed by atoms with E-state index in [4.69, 9.17) is 11.6 Å². The topological polar surface area (TPSA) is 83.0 Å². The Bertz CT molecular complexity index is 595. The van der Waals surface area contributed by atoms with Crippen molar-refractivity contribution in [2.45, 2.75) is 0 Å². The molecule has 86 valence electrons. The maximum absolute atomic E-state index is 10.9. The number of nitrogens with zero attached hydrogens (tertiary/aromatic N) is 3. The molecule has 0 radical (unpaired) electrons. The maximum Gasteiger partial charge on any atom is 0.271 e. The summed E-state index contributed by atoms with van der Waals surface area (Å²) in [5.41, 5.74) is 2.95. The second-order valence-electron chi connectivity index (χ2n) is 3.07. The van der Waals surface area contributed by atoms with Gasteiger partial charge in [0.1, 0.15) is 6.20 Å². The van der Waals surface area contributed by atoms with Gasteiger partial charge in [0, 0.05) is 10.6 Å². The molecule has 0 spiro atoms. The number of benzene rings is 1. The van der Waals surface area contributed by atoms with Crippen molar-refractivity contribution in [1.29, 1.82) is 0 Å². The van der Waals surface area contributed by atoms with Crippen LogP contribution < -0.4 is 11.0 Å². The van der Waals surface area contributed by atoms with Crippen LogP contribution in [-0.4, -0.2) is 21.4 Å². The molecule has 17 heavy (non-hydrogen) atoms. The van der Waals surface area contributed by atoms with Crippen molar-refractivity contribution in [2.75, 3.05) is 5.43 Å². The molecule has 1 aromatic carbocycles. The number of nitrogens with one attached hydrogen (secondary N) is 2. The average molecular weight is 250 g/mol. The summed E-state index contributed by atoms with van der Waals surface area (Å²) in [6.45, 7) is 0. The van der Waals surface area contributed by atoms with Crippen LogP contribution in [0.3, 0.4) is 0 Å². The van der Waals surface area contributed by atoms with Gasteiger partial charge in [-0.25, -0.2) is 5.43 Å². The quantitative estimate of drug-likeness (QED) is 0.634. The second kappa shape index (κ2) is 5.22. The van der Waals surface area contributed by atoms with E-state index in [0.29, 0.717) is 5.02 Å². The summed E-state index contributed by atoms with van der Waals surface area (Å²) in [4.78, 5) is 13.3. The first-order valence-electron chi connectivity index (χ1n) is 4.71. The highest BCUT2D eigenvalue weighted by molar-refractivity contribution is 6.33. The zero-order chi connectivity index (χ0) is 12.1. The summed E-state index contributed by atoms with van der Waals surface area (Å²) in [7, 11) is 0. The van der Waals surface area contributed by atoms with E-state index in [1.807, 2.05) is 18.2 Å². The van der Waals surface area contributed by atoms with E-state index in [1.165, 1.54) is 6.21 Å². The first-order chi connectivity index (χ1) is 8.25. The average Bonchev–Trinajstić information content (AvgIpc) is 2.32. The Morgan fingerprint density at radius 1 is 1.41 bits per heavy atom. The van der Waals surface area contributed by atoms with E-state index in [0.717, 1.165) is 11.8 Å². The fourth-order valence-electron chi connectivity index (χ4n) is 1.11. The predicted molar refractivity (Wildman–Crippen MR) is 65.3 cm³/mol. The molecule has 0 saturated carbocycles. The molecule has 2 rings (SSSR count). The monoisotopic (exact) mass is 249 g/mol. The number of hydrogen-bond donors (Lipinski definition) is 2. The molecule has 0 aliphatic rings. The second-order valence-corrected chi connectivity index (χ2v) is 3.48. The molecule has 0 bridgehead atoms. The Kier molecular flexibility index (Phi) is 3.46. The maximum atomic E-state index is 10.9. The van der Waals surface area contributed by atoms with Gasteiger partial charge in [-0.15, -0.1) is 10.2 Å². The van der Waals surface area contributed by atoms with Crippen LogP contribution in [0.4, 0.5) is 5.95 Å². The minimum Gasteiger partial charge on any atom is -0.289 e. The molecule has 0 aliphatic carbocycles. The Morgan fingerprint density at radius 2 is 2.24 bits per heavy atom. The van der Waals surface area contributed by atoms with Gasteiger partial charge < -0.3 is 0 Å². The largest absolute Gasteiger partial charge is 0.289 e. The minimum absolute atomic E-state index is 0.167. The number of anilines is 1. The molecule has 0 amide bonds. The van der Waals surface area contributed by atoms with Gasteiger partial charge in [0.25, 0.3) is 5.56 Å². The molecule has 0 aliphatic heterocycles. The molecule has 2 aromatic rings. The normalized spacial score (nSPS) is 10.6. The van der Waals surface area contributed by atoms with Crippen LogP contribution in [0, 0.1) is 0 Å². The number of H-pyrrole nitrogens is 1. The van der Waals surface area contributed by atoms with E-state index in [1.54, 1.807) is 6.07 Å². The number of halogens is 1. The minimum atomic E-state index is -0.351. The first kappa shape index (κ1) is 11.3. The van der Waals surface area contributed by atoms with E-state index in [-0.39, 0.29) is 11.5 Å². The molecular formula is C10H8ClN5O. The summed E-state index contributed by atoms with van der Waals surface area (Å²) in [6, 6.07) is 7.24. The Hall–Kier alpha value is -2.21. The van der Waals surface area contributed by atoms with Crippen LogP contribution in [0.15, 0.2) is 40.4 Å². The third-order valence-corrected chi connectivity index (χ3v) is 2.20. The fourth-order valence-corrected chi connectivity index (χ4v) is 1.29. The van der Waals surface area contributed by atoms with Crippen molar-refractivity contribution in [3.63, 3.8) is 0 Å². The number of aromatic amines is 1. The van der Waals surface area contributed by atoms with Crippen LogP contribution >= 0.6 is 11.6 Å². The first-order valence-corrected chi connectivity index (χ1v) is 5.09. The highest BCUT2D eigenvalue weighted by Crippen LogP contribution is 2.12. The Labute approximate surface area is 101 Å². The molecule has 0 atom stereocenters. The lowest BCUT2D eigenvalue weighted by Crippen LogP contribution is -2.10. The summed E-state index contributed by atoms with van der Waals surface area (Å²) in [5, 5.41) is 11.6. The van der Waals surface area contributed by atoms with E-state index < -0.39 is 0 Å². The molecule has 1 aromatic heterocycles. The lowest BCUT2D eigenvalue weighted by molar-refractivity contribution is 0.939. The van der Waals surface area contributed by atoms with Crippen LogP contribution in [0.2, 0.25) is 5.02 Å². The van der Waals surface area contributed by atoms with E-state index >= 15 is 0 Å². The van der Waals surface area contributed by atoms with Gasteiger partial charge in [0.05, 0.1) is 6.21 Å². The SMILES string of the molecule is O=c1cnnc(N/N=C/c2ccccc2Cl)[nH]1. The Balaban J connectivity index is 2.08. The summed E-state index contributed by atoms with van der Waals surface area (Å²) < 4.78 is 0. The Morgan fingerprint density at radius 3 is 3.00 bits per heavy atom. The van der Waals surface area contributed by atoms with Crippen molar-refractivity contribution in [2.24, 2.45) is 5.10 Å². The summed E-state index contributed by atoms with van der Waals surface area (Å²) >= 11 is 5.93. The van der Waals surface area contributed by atoms with Gasteiger partial charge >= 0.3 is 0 Å². The van der Waals surface area contributed by atoms with Gasteiger partial charge in [-0.05, 0) is 6.07 Å². The molecule has 0 fully saturated rings. The summed E-state index contributed by atoms with van der Waals surface area (Å²) in [5.74, 6) is 0.167. The van der Waals surface area contributed by atoms with Gasteiger partial charge in [-0.3, -0.25) is 9.78 Å². The molecule has 0 unspecified atom stereocenters. The van der Waals surface area contributed by atoms with Gasteiger partial charge in [-0.2, -0.15) is 5.10 Å². The number of hydrogen-bond acceptors (Lipinski definition) is 5. The van der Waals surface area contributed by atoms with Gasteiger partial charge in [-0.1, -0.05) is 29.8 Å². The standard InChI is InChI=1S/C10H8ClN5O/c11-8-4-2-1-3-7(8)5-12-15-10-14-9(17)6-13-16-10/h1-6H,(H2,14,15,16,17)/b12-5+. The van der Waals surface area contributed by atoms with Gasteiger partial charge in [0.2, 0.25) is 5.95 Å². The molecule has 7 heteroatoms. The molecular weight excluding hydrogens is 242 g/mol. The van der Waals surface area contributed by atoms with Crippen molar-refractivity contribution in [3.8, 4) is 0 Å². The third-order valence-electron chi connectivity index (χ3n) is 1.85. The number of hydrazone groups is 1. The van der Waals surface area contributed by atoms with Crippen molar-refractivity contribution in [3.05, 3.63) is 51.4 Å². The molecule has 1 heterocycles.